The van der Waals surface area contributed by atoms with E-state index in [2.05, 4.69) is 51.9 Å². The summed E-state index contributed by atoms with van der Waals surface area (Å²) in [6.45, 7) is 9.99. The van der Waals surface area contributed by atoms with E-state index in [0.29, 0.717) is 20.8 Å². The molecule has 0 radical (unpaired) electrons. The molecule has 5 rings (SSSR count). The third kappa shape index (κ3) is 5.21. The van der Waals surface area contributed by atoms with Crippen molar-refractivity contribution >= 4 is 57.8 Å². The molecule has 4 aromatic rings. The average molecular weight is 593 g/mol. The molecule has 1 saturated heterocycles. The fraction of sp³-hybridized carbons (Fsp3) is 0.258. The van der Waals surface area contributed by atoms with Gasteiger partial charge in [-0.25, -0.2) is 0 Å². The van der Waals surface area contributed by atoms with E-state index >= 15 is 0 Å². The minimum atomic E-state index is -0.214. The molecule has 6 nitrogen and oxygen atoms in total. The molecular formula is C31H31Cl2N5OS. The van der Waals surface area contributed by atoms with Gasteiger partial charge in [0.15, 0.2) is 5.11 Å². The number of halogens is 2. The van der Waals surface area contributed by atoms with Gasteiger partial charge in [0.25, 0.3) is 0 Å². The lowest BCUT2D eigenvalue weighted by Crippen LogP contribution is -2.29. The standard InChI is InChI=1S/C31H31Cl2N5OS/c1-17(2)30(39)35-25-12-11-22(16-24(25)33)38-29(28(36-31(38)40)26-8-6-7-13-34-26)23-14-19(4)37(20(23)5)27-15-21(32)10-9-18(27)3/h6-17,28-29H,1-5H3,(H,35,39)(H,36,40). The Morgan fingerprint density at radius 2 is 1.82 bits per heavy atom. The van der Waals surface area contributed by atoms with Crippen molar-refractivity contribution in [2.45, 2.75) is 46.7 Å². The summed E-state index contributed by atoms with van der Waals surface area (Å²) >= 11 is 19.0. The normalized spacial score (nSPS) is 16.9. The van der Waals surface area contributed by atoms with Crippen LogP contribution in [-0.2, 0) is 4.79 Å². The molecule has 2 atom stereocenters. The number of hydrogen-bond donors (Lipinski definition) is 2. The molecule has 0 saturated carbocycles. The first-order valence-electron chi connectivity index (χ1n) is 13.1. The molecule has 2 aromatic heterocycles. The number of nitrogens with zero attached hydrogens (tertiary/aromatic N) is 3. The van der Waals surface area contributed by atoms with Gasteiger partial charge in [-0.3, -0.25) is 9.78 Å². The summed E-state index contributed by atoms with van der Waals surface area (Å²) in [5.41, 5.74) is 7.70. The van der Waals surface area contributed by atoms with Crippen molar-refractivity contribution in [3.8, 4) is 5.69 Å². The number of carbonyl (C=O) groups is 1. The summed E-state index contributed by atoms with van der Waals surface area (Å²) in [5, 5.41) is 8.11. The van der Waals surface area contributed by atoms with Gasteiger partial charge in [0, 0.05) is 39.9 Å². The topological polar surface area (TPSA) is 62.2 Å². The van der Waals surface area contributed by atoms with E-state index in [-0.39, 0.29) is 23.9 Å². The Labute approximate surface area is 250 Å². The van der Waals surface area contributed by atoms with Crippen molar-refractivity contribution in [3.63, 3.8) is 0 Å². The first kappa shape index (κ1) is 28.1. The zero-order valence-electron chi connectivity index (χ0n) is 23.0. The third-order valence-corrected chi connectivity index (χ3v) is 8.17. The first-order valence-corrected chi connectivity index (χ1v) is 14.3. The number of aryl methyl sites for hydroxylation is 2. The number of pyridine rings is 1. The molecule has 9 heteroatoms. The highest BCUT2D eigenvalue weighted by atomic mass is 35.5. The predicted octanol–water partition coefficient (Wildman–Crippen LogP) is 7.88. The lowest BCUT2D eigenvalue weighted by atomic mass is 9.96. The van der Waals surface area contributed by atoms with Crippen molar-refractivity contribution in [1.29, 1.82) is 0 Å². The van der Waals surface area contributed by atoms with Gasteiger partial charge in [-0.1, -0.05) is 49.2 Å². The van der Waals surface area contributed by atoms with Gasteiger partial charge in [0.05, 0.1) is 28.5 Å². The Balaban J connectivity index is 1.64. The molecule has 40 heavy (non-hydrogen) atoms. The Morgan fingerprint density at radius 1 is 1.05 bits per heavy atom. The number of amides is 1. The molecule has 2 aromatic carbocycles. The zero-order chi connectivity index (χ0) is 28.7. The smallest absolute Gasteiger partial charge is 0.226 e. The highest BCUT2D eigenvalue weighted by molar-refractivity contribution is 7.80. The Kier molecular flexibility index (Phi) is 7.91. The van der Waals surface area contributed by atoms with Crippen molar-refractivity contribution in [3.05, 3.63) is 105 Å². The van der Waals surface area contributed by atoms with E-state index in [1.54, 1.807) is 6.20 Å². The number of aromatic nitrogens is 2. The van der Waals surface area contributed by atoms with Crippen LogP contribution in [0.4, 0.5) is 11.4 Å². The van der Waals surface area contributed by atoms with Crippen molar-refractivity contribution in [2.24, 2.45) is 5.92 Å². The predicted molar refractivity (Wildman–Crippen MR) is 168 cm³/mol. The molecule has 2 unspecified atom stereocenters. The maximum atomic E-state index is 12.3. The van der Waals surface area contributed by atoms with E-state index in [0.717, 1.165) is 39.6 Å². The molecule has 206 valence electrons. The van der Waals surface area contributed by atoms with E-state index < -0.39 is 0 Å². The Morgan fingerprint density at radius 3 is 2.50 bits per heavy atom. The zero-order valence-corrected chi connectivity index (χ0v) is 25.3. The lowest BCUT2D eigenvalue weighted by molar-refractivity contribution is -0.118. The SMILES string of the molecule is Cc1ccc(Cl)cc1-n1c(C)cc(C2C(c3ccccn3)NC(=S)N2c2ccc(NC(=O)C(C)C)c(Cl)c2)c1C. The number of benzene rings is 2. The van der Waals surface area contributed by atoms with Gasteiger partial charge in [0.1, 0.15) is 0 Å². The molecule has 0 spiro atoms. The summed E-state index contributed by atoms with van der Waals surface area (Å²) in [6.07, 6.45) is 1.79. The number of nitrogens with one attached hydrogen (secondary N) is 2. The number of anilines is 2. The van der Waals surface area contributed by atoms with Crippen LogP contribution in [-0.4, -0.2) is 20.6 Å². The van der Waals surface area contributed by atoms with Gasteiger partial charge in [-0.2, -0.15) is 0 Å². The Hall–Kier alpha value is -3.39. The van der Waals surface area contributed by atoms with Crippen LogP contribution in [0.15, 0.2) is 66.9 Å². The monoisotopic (exact) mass is 591 g/mol. The molecule has 1 amide bonds. The maximum absolute atomic E-state index is 12.3. The highest BCUT2D eigenvalue weighted by Gasteiger charge is 2.42. The molecular weight excluding hydrogens is 561 g/mol. The number of rotatable bonds is 6. The van der Waals surface area contributed by atoms with Crippen LogP contribution >= 0.6 is 35.4 Å². The van der Waals surface area contributed by atoms with E-state index in [9.17, 15) is 4.79 Å². The molecule has 0 bridgehead atoms. The quantitative estimate of drug-likeness (QED) is 0.223. The third-order valence-electron chi connectivity index (χ3n) is 7.31. The molecule has 3 heterocycles. The highest BCUT2D eigenvalue weighted by Crippen LogP contribution is 2.45. The molecule has 1 fully saturated rings. The van der Waals surface area contributed by atoms with Gasteiger partial charge < -0.3 is 20.1 Å². The summed E-state index contributed by atoms with van der Waals surface area (Å²) in [5.74, 6) is -0.252. The summed E-state index contributed by atoms with van der Waals surface area (Å²) in [6, 6.07) is 19.2. The molecule has 1 aliphatic heterocycles. The summed E-state index contributed by atoms with van der Waals surface area (Å²) in [7, 11) is 0. The van der Waals surface area contributed by atoms with E-state index in [1.165, 1.54) is 0 Å². The number of carbonyl (C=O) groups excluding carboxylic acids is 1. The second-order valence-corrected chi connectivity index (χ2v) is 11.6. The molecule has 2 N–H and O–H groups in total. The van der Waals surface area contributed by atoms with E-state index in [4.69, 9.17) is 35.4 Å². The van der Waals surface area contributed by atoms with Crippen molar-refractivity contribution in [2.75, 3.05) is 10.2 Å². The average Bonchev–Trinajstić information content (AvgIpc) is 3.41. The van der Waals surface area contributed by atoms with Gasteiger partial charge in [-0.05, 0) is 92.6 Å². The lowest BCUT2D eigenvalue weighted by Gasteiger charge is -2.28. The van der Waals surface area contributed by atoms with E-state index in [1.807, 2.05) is 68.4 Å². The fourth-order valence-electron chi connectivity index (χ4n) is 5.26. The minimum Gasteiger partial charge on any atom is -0.351 e. The summed E-state index contributed by atoms with van der Waals surface area (Å²) in [4.78, 5) is 19.1. The second kappa shape index (κ2) is 11.2. The van der Waals surface area contributed by atoms with Gasteiger partial charge in [-0.15, -0.1) is 0 Å². The van der Waals surface area contributed by atoms with Crippen LogP contribution in [0.2, 0.25) is 10.0 Å². The van der Waals surface area contributed by atoms with Crippen LogP contribution in [0, 0.1) is 26.7 Å². The summed E-state index contributed by atoms with van der Waals surface area (Å²) < 4.78 is 2.24. The van der Waals surface area contributed by atoms with Crippen molar-refractivity contribution in [1.82, 2.24) is 14.9 Å². The maximum Gasteiger partial charge on any atom is 0.226 e. The molecule has 0 aliphatic carbocycles. The van der Waals surface area contributed by atoms with Crippen molar-refractivity contribution < 1.29 is 4.79 Å². The van der Waals surface area contributed by atoms with Crippen LogP contribution in [0.25, 0.3) is 5.69 Å². The van der Waals surface area contributed by atoms with Crippen LogP contribution < -0.4 is 15.5 Å². The van der Waals surface area contributed by atoms with Crippen LogP contribution in [0.1, 0.15) is 54.1 Å². The van der Waals surface area contributed by atoms with Crippen LogP contribution in [0.5, 0.6) is 0 Å². The number of thiocarbonyl (C=S) groups is 1. The van der Waals surface area contributed by atoms with Gasteiger partial charge in [0.2, 0.25) is 5.91 Å². The fourth-order valence-corrected chi connectivity index (χ4v) is 6.00. The van der Waals surface area contributed by atoms with Gasteiger partial charge >= 0.3 is 0 Å². The number of hydrogen-bond acceptors (Lipinski definition) is 3. The molecule has 1 aliphatic rings. The largest absolute Gasteiger partial charge is 0.351 e. The Bertz CT molecular complexity index is 1600. The second-order valence-electron chi connectivity index (χ2n) is 10.4. The van der Waals surface area contributed by atoms with Crippen LogP contribution in [0.3, 0.4) is 0 Å². The first-order chi connectivity index (χ1) is 19.1. The minimum absolute atomic E-state index is 0.0927.